The first-order valence-corrected chi connectivity index (χ1v) is 5.87. The van der Waals surface area contributed by atoms with Crippen molar-refractivity contribution in [3.8, 4) is 5.88 Å². The molecule has 0 aliphatic heterocycles. The molecule has 14 heavy (non-hydrogen) atoms. The molecule has 0 aromatic carbocycles. The average Bonchev–Trinajstić information content (AvgIpc) is 2.16. The molecule has 0 atom stereocenters. The molecule has 0 amide bonds. The summed E-state index contributed by atoms with van der Waals surface area (Å²) in [5, 5.41) is 0.502. The molecule has 1 aromatic heterocycles. The topological polar surface area (TPSA) is 22.1 Å². The highest BCUT2D eigenvalue weighted by molar-refractivity contribution is 14.1. The molecule has 0 aliphatic carbocycles. The van der Waals surface area contributed by atoms with Crippen LogP contribution in [0.2, 0.25) is 0 Å². The summed E-state index contributed by atoms with van der Waals surface area (Å²) in [5.41, 5.74) is 0.603. The average molecular weight is 378 g/mol. The van der Waals surface area contributed by atoms with Crippen LogP contribution in [0, 0.1) is 3.57 Å². The van der Waals surface area contributed by atoms with Gasteiger partial charge in [-0.15, -0.1) is 0 Å². The van der Waals surface area contributed by atoms with Gasteiger partial charge in [-0.25, -0.2) is 13.8 Å². The summed E-state index contributed by atoms with van der Waals surface area (Å²) >= 11 is 5.08. The standard InChI is InChI=1S/C8H7BrF2INO/c1-14-8-5(7(10)11)6(12)4(2-9)3-13-8/h3,7H,2H2,1H3. The molecule has 1 rings (SSSR count). The molecular weight excluding hydrogens is 371 g/mol. The summed E-state index contributed by atoms with van der Waals surface area (Å²) in [6.07, 6.45) is -1.04. The minimum absolute atomic E-state index is 0.00546. The van der Waals surface area contributed by atoms with E-state index in [4.69, 9.17) is 4.74 Å². The third-order valence-electron chi connectivity index (χ3n) is 1.64. The number of hydrogen-bond donors (Lipinski definition) is 0. The van der Waals surface area contributed by atoms with Crippen molar-refractivity contribution in [3.05, 3.63) is 20.9 Å². The van der Waals surface area contributed by atoms with E-state index >= 15 is 0 Å². The summed E-state index contributed by atoms with van der Waals surface area (Å²) in [5.74, 6) is -0.00546. The van der Waals surface area contributed by atoms with Crippen LogP contribution in [0.15, 0.2) is 6.20 Å². The van der Waals surface area contributed by atoms with Crippen LogP contribution >= 0.6 is 38.5 Å². The van der Waals surface area contributed by atoms with E-state index in [1.165, 1.54) is 13.3 Å². The number of hydrogen-bond acceptors (Lipinski definition) is 2. The Bertz CT molecular complexity index is 335. The second-order valence-electron chi connectivity index (χ2n) is 2.45. The SMILES string of the molecule is COc1ncc(CBr)c(I)c1C(F)F. The highest BCUT2D eigenvalue weighted by Crippen LogP contribution is 2.33. The lowest BCUT2D eigenvalue weighted by Crippen LogP contribution is -2.01. The quantitative estimate of drug-likeness (QED) is 0.594. The van der Waals surface area contributed by atoms with Crippen LogP contribution in [0.3, 0.4) is 0 Å². The predicted molar refractivity (Wildman–Crippen MR) is 61.1 cm³/mol. The van der Waals surface area contributed by atoms with Crippen molar-refractivity contribution >= 4 is 38.5 Å². The van der Waals surface area contributed by atoms with Gasteiger partial charge in [0.05, 0.1) is 12.7 Å². The van der Waals surface area contributed by atoms with Crippen molar-refractivity contribution in [1.82, 2.24) is 4.98 Å². The van der Waals surface area contributed by atoms with Gasteiger partial charge in [-0.1, -0.05) is 15.9 Å². The Balaban J connectivity index is 3.31. The summed E-state index contributed by atoms with van der Waals surface area (Å²) in [4.78, 5) is 3.81. The van der Waals surface area contributed by atoms with Crippen molar-refractivity contribution in [1.29, 1.82) is 0 Å². The number of aromatic nitrogens is 1. The zero-order valence-electron chi connectivity index (χ0n) is 7.23. The normalized spacial score (nSPS) is 10.7. The molecule has 0 fully saturated rings. The van der Waals surface area contributed by atoms with Gasteiger partial charge < -0.3 is 4.74 Å². The van der Waals surface area contributed by atoms with Crippen molar-refractivity contribution < 1.29 is 13.5 Å². The number of pyridine rings is 1. The fourth-order valence-electron chi connectivity index (χ4n) is 0.975. The predicted octanol–water partition coefficient (Wildman–Crippen LogP) is 3.53. The molecule has 0 unspecified atom stereocenters. The van der Waals surface area contributed by atoms with E-state index in [2.05, 4.69) is 20.9 Å². The minimum atomic E-state index is -2.57. The molecule has 0 saturated heterocycles. The maximum absolute atomic E-state index is 12.7. The van der Waals surface area contributed by atoms with Gasteiger partial charge >= 0.3 is 0 Å². The second-order valence-corrected chi connectivity index (χ2v) is 4.09. The molecule has 1 aromatic rings. The van der Waals surface area contributed by atoms with E-state index in [1.54, 1.807) is 0 Å². The van der Waals surface area contributed by atoms with Crippen molar-refractivity contribution in [2.45, 2.75) is 11.8 Å². The third-order valence-corrected chi connectivity index (χ3v) is 3.52. The lowest BCUT2D eigenvalue weighted by molar-refractivity contribution is 0.145. The van der Waals surface area contributed by atoms with Crippen molar-refractivity contribution in [3.63, 3.8) is 0 Å². The lowest BCUT2D eigenvalue weighted by Gasteiger charge is -2.10. The minimum Gasteiger partial charge on any atom is -0.481 e. The Morgan fingerprint density at radius 2 is 2.29 bits per heavy atom. The van der Waals surface area contributed by atoms with E-state index < -0.39 is 6.43 Å². The molecule has 6 heteroatoms. The van der Waals surface area contributed by atoms with E-state index in [9.17, 15) is 8.78 Å². The van der Waals surface area contributed by atoms with Crippen LogP contribution in [-0.4, -0.2) is 12.1 Å². The van der Waals surface area contributed by atoms with Crippen LogP contribution in [0.4, 0.5) is 8.78 Å². The maximum atomic E-state index is 12.7. The smallest absolute Gasteiger partial charge is 0.270 e. The third kappa shape index (κ3) is 2.33. The van der Waals surface area contributed by atoms with E-state index in [1.807, 2.05) is 22.6 Å². The Hall–Kier alpha value is 0.0200. The first-order valence-electron chi connectivity index (χ1n) is 3.67. The highest BCUT2D eigenvalue weighted by atomic mass is 127. The Morgan fingerprint density at radius 3 is 2.71 bits per heavy atom. The van der Waals surface area contributed by atoms with Crippen LogP contribution in [0.1, 0.15) is 17.6 Å². The zero-order chi connectivity index (χ0) is 10.7. The zero-order valence-corrected chi connectivity index (χ0v) is 11.0. The molecule has 1 heterocycles. The molecule has 0 saturated carbocycles. The first-order chi connectivity index (χ1) is 6.61. The van der Waals surface area contributed by atoms with Gasteiger partial charge in [-0.3, -0.25) is 0 Å². The Labute approximate surface area is 102 Å². The van der Waals surface area contributed by atoms with Crippen LogP contribution < -0.4 is 4.74 Å². The number of rotatable bonds is 3. The largest absolute Gasteiger partial charge is 0.481 e. The monoisotopic (exact) mass is 377 g/mol. The van der Waals surface area contributed by atoms with E-state index in [-0.39, 0.29) is 11.4 Å². The Kier molecular flexibility index (Phi) is 4.49. The fraction of sp³-hybridized carbons (Fsp3) is 0.375. The van der Waals surface area contributed by atoms with Crippen molar-refractivity contribution in [2.75, 3.05) is 7.11 Å². The molecule has 0 spiro atoms. The summed E-state index contributed by atoms with van der Waals surface area (Å²) in [7, 11) is 1.33. The van der Waals surface area contributed by atoms with Gasteiger partial charge in [-0.2, -0.15) is 0 Å². The number of methoxy groups -OCH3 is 1. The Morgan fingerprint density at radius 1 is 1.64 bits per heavy atom. The number of ether oxygens (including phenoxy) is 1. The van der Waals surface area contributed by atoms with Gasteiger partial charge in [0.25, 0.3) is 6.43 Å². The van der Waals surface area contributed by atoms with Gasteiger partial charge in [0.1, 0.15) is 0 Å². The summed E-state index contributed by atoms with van der Waals surface area (Å²) in [6, 6.07) is 0. The first kappa shape index (κ1) is 12.1. The number of halogens is 4. The molecule has 0 radical (unpaired) electrons. The van der Waals surface area contributed by atoms with E-state index in [0.717, 1.165) is 5.56 Å². The second kappa shape index (κ2) is 5.20. The molecular formula is C8H7BrF2INO. The van der Waals surface area contributed by atoms with Crippen molar-refractivity contribution in [2.24, 2.45) is 0 Å². The molecule has 0 bridgehead atoms. The summed E-state index contributed by atoms with van der Waals surface area (Å²) < 4.78 is 30.6. The molecule has 0 N–H and O–H groups in total. The van der Waals surface area contributed by atoms with Gasteiger partial charge in [0, 0.05) is 15.1 Å². The van der Waals surface area contributed by atoms with Gasteiger partial charge in [0.2, 0.25) is 5.88 Å². The molecule has 0 aliphatic rings. The maximum Gasteiger partial charge on any atom is 0.270 e. The van der Waals surface area contributed by atoms with Crippen LogP contribution in [0.25, 0.3) is 0 Å². The number of nitrogens with zero attached hydrogens (tertiary/aromatic N) is 1. The highest BCUT2D eigenvalue weighted by Gasteiger charge is 2.21. The van der Waals surface area contributed by atoms with Gasteiger partial charge in [0.15, 0.2) is 0 Å². The summed E-state index contributed by atoms with van der Waals surface area (Å²) in [6.45, 7) is 0. The van der Waals surface area contributed by atoms with Crippen LogP contribution in [0.5, 0.6) is 5.88 Å². The molecule has 2 nitrogen and oxygen atoms in total. The fourth-order valence-corrected chi connectivity index (χ4v) is 2.72. The van der Waals surface area contributed by atoms with E-state index in [0.29, 0.717) is 8.90 Å². The van der Waals surface area contributed by atoms with Gasteiger partial charge in [-0.05, 0) is 28.2 Å². The number of alkyl halides is 3. The lowest BCUT2D eigenvalue weighted by atomic mass is 10.2. The molecule has 78 valence electrons. The van der Waals surface area contributed by atoms with Crippen LogP contribution in [-0.2, 0) is 5.33 Å².